The fourth-order valence-electron chi connectivity index (χ4n) is 2.78. The molecule has 0 fully saturated rings. The van der Waals surface area contributed by atoms with Gasteiger partial charge in [-0.1, -0.05) is 22.0 Å². The van der Waals surface area contributed by atoms with Crippen LogP contribution in [0.3, 0.4) is 0 Å². The van der Waals surface area contributed by atoms with E-state index in [1.54, 1.807) is 32.4 Å². The van der Waals surface area contributed by atoms with E-state index in [-0.39, 0.29) is 11.6 Å². The number of benzene rings is 2. The number of halogens is 2. The summed E-state index contributed by atoms with van der Waals surface area (Å²) in [5.74, 6) is 0.402. The van der Waals surface area contributed by atoms with Crippen molar-refractivity contribution in [2.45, 2.75) is 19.0 Å². The fraction of sp³-hybridized carbons (Fsp3) is 0.350. The Morgan fingerprint density at radius 3 is 2.64 bits per heavy atom. The maximum absolute atomic E-state index is 14.6. The third-order valence-electron chi connectivity index (χ3n) is 4.30. The lowest BCUT2D eigenvalue weighted by Gasteiger charge is -2.32. The van der Waals surface area contributed by atoms with Crippen molar-refractivity contribution < 1.29 is 23.8 Å². The van der Waals surface area contributed by atoms with Gasteiger partial charge in [0.25, 0.3) is 0 Å². The standard InChI is InChI=1S/C20H23BrFNO4S/c1-20(12-28-11-19(24)25,16-8-14(21)5-7-17(16)22)23-10-13-4-6-15(26-2)9-18(13)27-3/h4-9,23H,10-12H2,1-3H3,(H,24,25). The number of hydrogen-bond donors (Lipinski definition) is 2. The van der Waals surface area contributed by atoms with Crippen LogP contribution >= 0.6 is 27.7 Å². The molecule has 2 rings (SSSR count). The van der Waals surface area contributed by atoms with Gasteiger partial charge in [0.05, 0.1) is 25.5 Å². The summed E-state index contributed by atoms with van der Waals surface area (Å²) in [6.45, 7) is 2.27. The normalized spacial score (nSPS) is 13.0. The first-order valence-electron chi connectivity index (χ1n) is 8.50. The van der Waals surface area contributed by atoms with E-state index in [2.05, 4.69) is 21.2 Å². The number of rotatable bonds is 10. The molecule has 1 atom stereocenters. The van der Waals surface area contributed by atoms with E-state index in [4.69, 9.17) is 14.6 Å². The van der Waals surface area contributed by atoms with Crippen molar-refractivity contribution in [2.24, 2.45) is 0 Å². The van der Waals surface area contributed by atoms with E-state index < -0.39 is 11.5 Å². The molecular formula is C20H23BrFNO4S. The Morgan fingerprint density at radius 1 is 1.25 bits per heavy atom. The van der Waals surface area contributed by atoms with Crippen LogP contribution in [0.4, 0.5) is 4.39 Å². The van der Waals surface area contributed by atoms with E-state index in [9.17, 15) is 9.18 Å². The molecule has 0 aliphatic heterocycles. The van der Waals surface area contributed by atoms with E-state index in [0.717, 1.165) is 10.0 Å². The number of aliphatic carboxylic acids is 1. The van der Waals surface area contributed by atoms with Gasteiger partial charge in [-0.3, -0.25) is 4.79 Å². The largest absolute Gasteiger partial charge is 0.497 e. The number of hydrogen-bond acceptors (Lipinski definition) is 5. The van der Waals surface area contributed by atoms with Crippen molar-refractivity contribution >= 4 is 33.7 Å². The van der Waals surface area contributed by atoms with Gasteiger partial charge in [-0.25, -0.2) is 4.39 Å². The maximum atomic E-state index is 14.6. The van der Waals surface area contributed by atoms with Gasteiger partial charge in [0.15, 0.2) is 0 Å². The molecule has 28 heavy (non-hydrogen) atoms. The van der Waals surface area contributed by atoms with Crippen LogP contribution in [0.1, 0.15) is 18.1 Å². The lowest BCUT2D eigenvalue weighted by Crippen LogP contribution is -2.42. The van der Waals surface area contributed by atoms with Gasteiger partial charge in [-0.2, -0.15) is 0 Å². The molecule has 2 N–H and O–H groups in total. The highest BCUT2D eigenvalue weighted by Crippen LogP contribution is 2.32. The Kier molecular flexibility index (Phi) is 8.15. The molecule has 1 unspecified atom stereocenters. The quantitative estimate of drug-likeness (QED) is 0.534. The van der Waals surface area contributed by atoms with E-state index in [0.29, 0.717) is 29.4 Å². The molecule has 0 aromatic heterocycles. The Morgan fingerprint density at radius 2 is 2.00 bits per heavy atom. The lowest BCUT2D eigenvalue weighted by atomic mass is 9.93. The molecule has 0 radical (unpaired) electrons. The van der Waals surface area contributed by atoms with Crippen LogP contribution in [-0.4, -0.2) is 36.8 Å². The summed E-state index contributed by atoms with van der Waals surface area (Å²) < 4.78 is 26.0. The van der Waals surface area contributed by atoms with Crippen LogP contribution in [0, 0.1) is 5.82 Å². The number of carboxylic acids is 1. The second kappa shape index (κ2) is 10.1. The van der Waals surface area contributed by atoms with Gasteiger partial charge in [-0.05, 0) is 31.2 Å². The van der Waals surface area contributed by atoms with Gasteiger partial charge in [0, 0.05) is 34.0 Å². The van der Waals surface area contributed by atoms with Crippen LogP contribution < -0.4 is 14.8 Å². The minimum Gasteiger partial charge on any atom is -0.497 e. The first-order valence-corrected chi connectivity index (χ1v) is 10.4. The van der Waals surface area contributed by atoms with E-state index in [1.807, 2.05) is 19.1 Å². The van der Waals surface area contributed by atoms with Crippen LogP contribution in [-0.2, 0) is 16.9 Å². The van der Waals surface area contributed by atoms with Crippen molar-refractivity contribution in [3.05, 3.63) is 57.8 Å². The zero-order valence-corrected chi connectivity index (χ0v) is 18.3. The van der Waals surface area contributed by atoms with Gasteiger partial charge in [-0.15, -0.1) is 11.8 Å². The first kappa shape index (κ1) is 22.5. The third-order valence-corrected chi connectivity index (χ3v) is 6.03. The smallest absolute Gasteiger partial charge is 0.313 e. The summed E-state index contributed by atoms with van der Waals surface area (Å²) in [6, 6.07) is 10.2. The molecule has 8 heteroatoms. The molecular weight excluding hydrogens is 449 g/mol. The monoisotopic (exact) mass is 471 g/mol. The number of ether oxygens (including phenoxy) is 2. The second-order valence-corrected chi connectivity index (χ2v) is 8.28. The zero-order valence-electron chi connectivity index (χ0n) is 15.9. The Balaban J connectivity index is 2.29. The molecule has 0 spiro atoms. The van der Waals surface area contributed by atoms with Gasteiger partial charge in [0.2, 0.25) is 0 Å². The average molecular weight is 472 g/mol. The third kappa shape index (κ3) is 5.86. The molecule has 0 aliphatic rings. The summed E-state index contributed by atoms with van der Waals surface area (Å²) >= 11 is 4.62. The van der Waals surface area contributed by atoms with Crippen molar-refractivity contribution in [1.29, 1.82) is 0 Å². The molecule has 2 aromatic rings. The lowest BCUT2D eigenvalue weighted by molar-refractivity contribution is -0.133. The highest BCUT2D eigenvalue weighted by atomic mass is 79.9. The SMILES string of the molecule is COc1ccc(CNC(C)(CSCC(=O)O)c2cc(Br)ccc2F)c(OC)c1. The van der Waals surface area contributed by atoms with Crippen molar-refractivity contribution in [2.75, 3.05) is 25.7 Å². The molecule has 0 aliphatic carbocycles. The Bertz CT molecular complexity index is 836. The predicted molar refractivity (Wildman–Crippen MR) is 113 cm³/mol. The number of carbonyl (C=O) groups is 1. The molecule has 0 amide bonds. The molecule has 0 saturated carbocycles. The molecule has 0 heterocycles. The predicted octanol–water partition coefficient (Wildman–Crippen LogP) is 4.43. The number of thioether (sulfide) groups is 1. The number of methoxy groups -OCH3 is 2. The summed E-state index contributed by atoms with van der Waals surface area (Å²) in [5.41, 5.74) is 0.555. The van der Waals surface area contributed by atoms with Crippen LogP contribution in [0.15, 0.2) is 40.9 Å². The van der Waals surface area contributed by atoms with Crippen LogP contribution in [0.5, 0.6) is 11.5 Å². The Hall–Kier alpha value is -1.77. The summed E-state index contributed by atoms with van der Waals surface area (Å²) in [4.78, 5) is 10.9. The van der Waals surface area contributed by atoms with E-state index >= 15 is 0 Å². The molecule has 152 valence electrons. The highest BCUT2D eigenvalue weighted by Gasteiger charge is 2.30. The van der Waals surface area contributed by atoms with Crippen molar-refractivity contribution in [3.63, 3.8) is 0 Å². The van der Waals surface area contributed by atoms with Crippen LogP contribution in [0.25, 0.3) is 0 Å². The Labute approximate surface area is 176 Å². The highest BCUT2D eigenvalue weighted by molar-refractivity contribution is 9.10. The summed E-state index contributed by atoms with van der Waals surface area (Å²) in [5, 5.41) is 12.3. The van der Waals surface area contributed by atoms with Gasteiger partial charge in [0.1, 0.15) is 17.3 Å². The molecule has 5 nitrogen and oxygen atoms in total. The minimum atomic E-state index is -0.904. The maximum Gasteiger partial charge on any atom is 0.313 e. The minimum absolute atomic E-state index is 0.0568. The summed E-state index contributed by atoms with van der Waals surface area (Å²) in [6.07, 6.45) is 0. The zero-order chi connectivity index (χ0) is 20.7. The molecule has 0 bridgehead atoms. The van der Waals surface area contributed by atoms with Gasteiger partial charge >= 0.3 is 5.97 Å². The van der Waals surface area contributed by atoms with Gasteiger partial charge < -0.3 is 19.9 Å². The van der Waals surface area contributed by atoms with Crippen LogP contribution in [0.2, 0.25) is 0 Å². The number of nitrogens with one attached hydrogen (secondary N) is 1. The number of carboxylic acid groups (broad SMARTS) is 1. The molecule has 0 saturated heterocycles. The fourth-order valence-corrected chi connectivity index (χ4v) is 4.08. The van der Waals surface area contributed by atoms with Crippen molar-refractivity contribution in [1.82, 2.24) is 5.32 Å². The summed E-state index contributed by atoms with van der Waals surface area (Å²) in [7, 11) is 3.16. The molecule has 2 aromatic carbocycles. The van der Waals surface area contributed by atoms with Crippen molar-refractivity contribution in [3.8, 4) is 11.5 Å². The van der Waals surface area contributed by atoms with E-state index in [1.165, 1.54) is 17.8 Å². The topological polar surface area (TPSA) is 67.8 Å². The first-order chi connectivity index (χ1) is 13.3. The average Bonchev–Trinajstić information content (AvgIpc) is 2.67. The second-order valence-electron chi connectivity index (χ2n) is 6.37.